The Bertz CT molecular complexity index is 572. The summed E-state index contributed by atoms with van der Waals surface area (Å²) >= 11 is 0. The van der Waals surface area contributed by atoms with E-state index in [0.29, 0.717) is 5.89 Å². The smallest absolute Gasteiger partial charge is 0.266 e. The highest BCUT2D eigenvalue weighted by atomic mass is 16.5. The molecular formula is C15H21N5O. The molecule has 6 heteroatoms. The maximum atomic E-state index is 5.68. The van der Waals surface area contributed by atoms with Gasteiger partial charge >= 0.3 is 0 Å². The highest BCUT2D eigenvalue weighted by molar-refractivity contribution is 5.39. The zero-order valence-corrected chi connectivity index (χ0v) is 12.3. The Morgan fingerprint density at radius 3 is 2.52 bits per heavy atom. The van der Waals surface area contributed by atoms with Crippen molar-refractivity contribution in [3.05, 3.63) is 35.7 Å². The minimum absolute atomic E-state index is 0.695. The number of anilines is 2. The molecule has 0 spiro atoms. The lowest BCUT2D eigenvalue weighted by molar-refractivity contribution is 0.308. The van der Waals surface area contributed by atoms with E-state index in [2.05, 4.69) is 27.0 Å². The standard InChI is InChI=1S/C15H21N5O/c1-19-8-10-20(11-9-19)15-17-14(21-18-15)7-4-12-2-5-13(16)6-3-12/h2-3,5-6H,4,7-11,16H2,1H3. The molecule has 0 radical (unpaired) electrons. The number of piperazine rings is 1. The molecule has 1 saturated heterocycles. The Balaban J connectivity index is 1.56. The van der Waals surface area contributed by atoms with Crippen molar-refractivity contribution >= 4 is 11.6 Å². The van der Waals surface area contributed by atoms with Crippen molar-refractivity contribution < 1.29 is 4.52 Å². The van der Waals surface area contributed by atoms with Crippen LogP contribution in [0.15, 0.2) is 28.8 Å². The van der Waals surface area contributed by atoms with Crippen LogP contribution in [0.4, 0.5) is 11.6 Å². The SMILES string of the molecule is CN1CCN(c2noc(CCc3ccc(N)cc3)n2)CC1. The first-order chi connectivity index (χ1) is 10.2. The van der Waals surface area contributed by atoms with Crippen molar-refractivity contribution in [2.24, 2.45) is 0 Å². The summed E-state index contributed by atoms with van der Waals surface area (Å²) in [6.45, 7) is 3.98. The normalized spacial score (nSPS) is 16.3. The number of nitrogens with zero attached hydrogens (tertiary/aromatic N) is 4. The van der Waals surface area contributed by atoms with Crippen LogP contribution >= 0.6 is 0 Å². The fourth-order valence-corrected chi connectivity index (χ4v) is 2.42. The summed E-state index contributed by atoms with van der Waals surface area (Å²) in [5.74, 6) is 1.41. The molecule has 1 aromatic carbocycles. The molecule has 2 N–H and O–H groups in total. The van der Waals surface area contributed by atoms with Crippen LogP contribution in [0.5, 0.6) is 0 Å². The molecule has 0 unspecified atom stereocenters. The third-order valence-corrected chi connectivity index (χ3v) is 3.85. The second-order valence-corrected chi connectivity index (χ2v) is 5.52. The first-order valence-electron chi connectivity index (χ1n) is 7.31. The lowest BCUT2D eigenvalue weighted by Crippen LogP contribution is -2.44. The third kappa shape index (κ3) is 3.52. The van der Waals surface area contributed by atoms with Gasteiger partial charge in [-0.1, -0.05) is 12.1 Å². The summed E-state index contributed by atoms with van der Waals surface area (Å²) in [4.78, 5) is 8.98. The Kier molecular flexibility index (Phi) is 4.06. The molecule has 0 aliphatic carbocycles. The highest BCUT2D eigenvalue weighted by Crippen LogP contribution is 2.14. The number of likely N-dealkylation sites (N-methyl/N-ethyl adjacent to an activating group) is 1. The largest absolute Gasteiger partial charge is 0.399 e. The van der Waals surface area contributed by atoms with E-state index >= 15 is 0 Å². The van der Waals surface area contributed by atoms with Gasteiger partial charge in [-0.2, -0.15) is 4.98 Å². The van der Waals surface area contributed by atoms with Gasteiger partial charge in [-0.25, -0.2) is 0 Å². The van der Waals surface area contributed by atoms with Gasteiger partial charge in [0.05, 0.1) is 0 Å². The molecule has 2 aromatic rings. The van der Waals surface area contributed by atoms with E-state index in [0.717, 1.165) is 50.7 Å². The first-order valence-corrected chi connectivity index (χ1v) is 7.31. The molecule has 1 fully saturated rings. The summed E-state index contributed by atoms with van der Waals surface area (Å²) in [7, 11) is 2.13. The zero-order chi connectivity index (χ0) is 14.7. The van der Waals surface area contributed by atoms with E-state index in [1.807, 2.05) is 24.3 Å². The van der Waals surface area contributed by atoms with Crippen LogP contribution in [0, 0.1) is 0 Å². The minimum atomic E-state index is 0.695. The lowest BCUT2D eigenvalue weighted by Gasteiger charge is -2.31. The van der Waals surface area contributed by atoms with Crippen LogP contribution in [0.3, 0.4) is 0 Å². The Morgan fingerprint density at radius 1 is 1.10 bits per heavy atom. The molecule has 2 heterocycles. The van der Waals surface area contributed by atoms with Gasteiger partial charge in [0.2, 0.25) is 5.89 Å². The van der Waals surface area contributed by atoms with Crippen molar-refractivity contribution in [1.82, 2.24) is 15.0 Å². The highest BCUT2D eigenvalue weighted by Gasteiger charge is 2.18. The summed E-state index contributed by atoms with van der Waals surface area (Å²) in [6.07, 6.45) is 1.63. The second kappa shape index (κ2) is 6.13. The number of hydrogen-bond donors (Lipinski definition) is 1. The number of nitrogens with two attached hydrogens (primary N) is 1. The first kappa shape index (κ1) is 13.9. The monoisotopic (exact) mass is 287 g/mol. The number of benzene rings is 1. The summed E-state index contributed by atoms with van der Waals surface area (Å²) in [6, 6.07) is 7.90. The molecule has 0 atom stereocenters. The average molecular weight is 287 g/mol. The van der Waals surface area contributed by atoms with Gasteiger partial charge in [-0.15, -0.1) is 0 Å². The fraction of sp³-hybridized carbons (Fsp3) is 0.467. The average Bonchev–Trinajstić information content (AvgIpc) is 2.96. The molecule has 21 heavy (non-hydrogen) atoms. The Morgan fingerprint density at radius 2 is 1.81 bits per heavy atom. The molecular weight excluding hydrogens is 266 g/mol. The van der Waals surface area contributed by atoms with Crippen molar-refractivity contribution in [2.75, 3.05) is 43.9 Å². The van der Waals surface area contributed by atoms with Crippen molar-refractivity contribution in [3.8, 4) is 0 Å². The molecule has 1 aliphatic heterocycles. The van der Waals surface area contributed by atoms with Gasteiger partial charge < -0.3 is 20.1 Å². The van der Waals surface area contributed by atoms with Gasteiger partial charge in [0.25, 0.3) is 5.95 Å². The maximum absolute atomic E-state index is 5.68. The van der Waals surface area contributed by atoms with Gasteiger partial charge in [0, 0.05) is 38.3 Å². The van der Waals surface area contributed by atoms with E-state index in [9.17, 15) is 0 Å². The summed E-state index contributed by atoms with van der Waals surface area (Å²) in [5.41, 5.74) is 7.69. The predicted octanol–water partition coefficient (Wildman–Crippen LogP) is 1.19. The molecule has 0 bridgehead atoms. The summed E-state index contributed by atoms with van der Waals surface area (Å²) < 4.78 is 5.35. The number of aromatic nitrogens is 2. The van der Waals surface area contributed by atoms with E-state index in [4.69, 9.17) is 10.3 Å². The van der Waals surface area contributed by atoms with Crippen molar-refractivity contribution in [3.63, 3.8) is 0 Å². The van der Waals surface area contributed by atoms with Gasteiger partial charge in [-0.3, -0.25) is 0 Å². The number of nitrogen functional groups attached to an aromatic ring is 1. The van der Waals surface area contributed by atoms with Crippen molar-refractivity contribution in [1.29, 1.82) is 0 Å². The van der Waals surface area contributed by atoms with E-state index < -0.39 is 0 Å². The third-order valence-electron chi connectivity index (χ3n) is 3.85. The fourth-order valence-electron chi connectivity index (χ4n) is 2.42. The van der Waals surface area contributed by atoms with Crippen molar-refractivity contribution in [2.45, 2.75) is 12.8 Å². The second-order valence-electron chi connectivity index (χ2n) is 5.52. The molecule has 6 nitrogen and oxygen atoms in total. The Labute approximate surface area is 124 Å². The molecule has 1 aromatic heterocycles. The summed E-state index contributed by atoms with van der Waals surface area (Å²) in [5, 5.41) is 4.09. The van der Waals surface area contributed by atoms with E-state index in [-0.39, 0.29) is 0 Å². The lowest BCUT2D eigenvalue weighted by atomic mass is 10.1. The molecule has 112 valence electrons. The Hall–Kier alpha value is -2.08. The van der Waals surface area contributed by atoms with Crippen LogP contribution in [0.25, 0.3) is 0 Å². The predicted molar refractivity (Wildman–Crippen MR) is 82.3 cm³/mol. The zero-order valence-electron chi connectivity index (χ0n) is 12.3. The number of aryl methyl sites for hydroxylation is 2. The molecule has 1 aliphatic rings. The quantitative estimate of drug-likeness (QED) is 0.852. The number of rotatable bonds is 4. The maximum Gasteiger partial charge on any atom is 0.266 e. The van der Waals surface area contributed by atoms with Gasteiger partial charge in [-0.05, 0) is 36.3 Å². The van der Waals surface area contributed by atoms with Gasteiger partial charge in [0.1, 0.15) is 0 Å². The van der Waals surface area contributed by atoms with Crippen LogP contribution in [-0.4, -0.2) is 48.3 Å². The van der Waals surface area contributed by atoms with Gasteiger partial charge in [0.15, 0.2) is 0 Å². The van der Waals surface area contributed by atoms with Crippen LogP contribution in [-0.2, 0) is 12.8 Å². The molecule has 0 saturated carbocycles. The topological polar surface area (TPSA) is 71.4 Å². The number of hydrogen-bond acceptors (Lipinski definition) is 6. The van der Waals surface area contributed by atoms with Crippen LogP contribution < -0.4 is 10.6 Å². The van der Waals surface area contributed by atoms with Crippen LogP contribution in [0.2, 0.25) is 0 Å². The molecule has 0 amide bonds. The van der Waals surface area contributed by atoms with E-state index in [1.54, 1.807) is 0 Å². The van der Waals surface area contributed by atoms with Crippen LogP contribution in [0.1, 0.15) is 11.5 Å². The van der Waals surface area contributed by atoms with E-state index in [1.165, 1.54) is 5.56 Å². The minimum Gasteiger partial charge on any atom is -0.399 e. The molecule has 3 rings (SSSR count).